The SMILES string of the molecule is C=C(F)/C=C\C=C\C(=O)CN1C(=O)N(CC)C(=O)C(C)(C2=CCCCC2)C1=O. The first-order valence-electron chi connectivity index (χ1n) is 9.32. The van der Waals surface area contributed by atoms with Crippen LogP contribution in [0.2, 0.25) is 0 Å². The van der Waals surface area contributed by atoms with Crippen molar-refractivity contribution in [3.8, 4) is 0 Å². The first-order chi connectivity index (χ1) is 13.2. The Morgan fingerprint density at radius 2 is 1.82 bits per heavy atom. The molecular formula is C21H25FN2O4. The van der Waals surface area contributed by atoms with Crippen molar-refractivity contribution in [2.75, 3.05) is 13.1 Å². The second-order valence-electron chi connectivity index (χ2n) is 6.95. The summed E-state index contributed by atoms with van der Waals surface area (Å²) in [5, 5.41) is 0. The number of imide groups is 2. The number of urea groups is 1. The molecule has 1 saturated heterocycles. The van der Waals surface area contributed by atoms with Gasteiger partial charge in [0.2, 0.25) is 5.91 Å². The number of carbonyl (C=O) groups excluding carboxylic acids is 4. The molecule has 0 aromatic rings. The molecule has 0 aromatic heterocycles. The lowest BCUT2D eigenvalue weighted by atomic mass is 9.73. The van der Waals surface area contributed by atoms with Crippen molar-refractivity contribution in [3.05, 3.63) is 48.4 Å². The van der Waals surface area contributed by atoms with E-state index in [0.717, 1.165) is 41.2 Å². The molecule has 28 heavy (non-hydrogen) atoms. The van der Waals surface area contributed by atoms with Gasteiger partial charge in [-0.05, 0) is 57.3 Å². The van der Waals surface area contributed by atoms with Gasteiger partial charge in [0.15, 0.2) is 5.78 Å². The highest BCUT2D eigenvalue weighted by molar-refractivity contribution is 6.21. The summed E-state index contributed by atoms with van der Waals surface area (Å²) >= 11 is 0. The van der Waals surface area contributed by atoms with E-state index >= 15 is 0 Å². The number of hydrogen-bond acceptors (Lipinski definition) is 4. The van der Waals surface area contributed by atoms with E-state index in [-0.39, 0.29) is 6.54 Å². The van der Waals surface area contributed by atoms with Gasteiger partial charge in [0, 0.05) is 6.54 Å². The molecule has 0 saturated carbocycles. The number of halogens is 1. The van der Waals surface area contributed by atoms with Crippen molar-refractivity contribution in [2.24, 2.45) is 5.41 Å². The summed E-state index contributed by atoms with van der Waals surface area (Å²) in [6.45, 7) is 5.87. The van der Waals surface area contributed by atoms with Crippen molar-refractivity contribution in [2.45, 2.75) is 39.5 Å². The molecule has 0 radical (unpaired) electrons. The molecule has 2 aliphatic rings. The van der Waals surface area contributed by atoms with Crippen molar-refractivity contribution in [3.63, 3.8) is 0 Å². The van der Waals surface area contributed by atoms with Gasteiger partial charge < -0.3 is 0 Å². The molecule has 1 aliphatic carbocycles. The fourth-order valence-electron chi connectivity index (χ4n) is 3.47. The third-order valence-corrected chi connectivity index (χ3v) is 5.04. The number of nitrogens with zero attached hydrogens (tertiary/aromatic N) is 2. The van der Waals surface area contributed by atoms with Crippen LogP contribution in [-0.4, -0.2) is 46.5 Å². The zero-order chi connectivity index (χ0) is 20.9. The summed E-state index contributed by atoms with van der Waals surface area (Å²) in [7, 11) is 0. The molecule has 1 fully saturated rings. The number of hydrogen-bond donors (Lipinski definition) is 0. The third-order valence-electron chi connectivity index (χ3n) is 5.04. The molecular weight excluding hydrogens is 363 g/mol. The van der Waals surface area contributed by atoms with Crippen LogP contribution in [0.3, 0.4) is 0 Å². The molecule has 4 amide bonds. The molecule has 2 rings (SSSR count). The van der Waals surface area contributed by atoms with Crippen LogP contribution >= 0.6 is 0 Å². The minimum atomic E-state index is -1.47. The lowest BCUT2D eigenvalue weighted by Gasteiger charge is -2.43. The molecule has 150 valence electrons. The average Bonchev–Trinajstić information content (AvgIpc) is 2.68. The third kappa shape index (κ3) is 4.18. The van der Waals surface area contributed by atoms with Gasteiger partial charge in [-0.15, -0.1) is 0 Å². The van der Waals surface area contributed by atoms with Crippen LogP contribution in [0.5, 0.6) is 0 Å². The molecule has 1 heterocycles. The standard InChI is InChI=1S/C21H25FN2O4/c1-4-23-18(26)21(3,16-11-6-5-7-12-16)19(27)24(20(23)28)14-17(25)13-9-8-10-15(2)22/h8-11,13H,2,4-7,12,14H2,1,3H3/b10-8-,13-9+. The van der Waals surface area contributed by atoms with E-state index in [1.807, 2.05) is 6.08 Å². The van der Waals surface area contributed by atoms with Crippen molar-refractivity contribution >= 4 is 23.6 Å². The monoisotopic (exact) mass is 388 g/mol. The molecule has 0 spiro atoms. The topological polar surface area (TPSA) is 74.8 Å². The average molecular weight is 388 g/mol. The maximum absolute atomic E-state index is 13.1. The Kier molecular flexibility index (Phi) is 6.83. The maximum atomic E-state index is 13.1. The minimum Gasteiger partial charge on any atom is -0.293 e. The summed E-state index contributed by atoms with van der Waals surface area (Å²) in [4.78, 5) is 52.8. The van der Waals surface area contributed by atoms with Crippen LogP contribution in [0.4, 0.5) is 9.18 Å². The zero-order valence-corrected chi connectivity index (χ0v) is 16.2. The van der Waals surface area contributed by atoms with E-state index in [1.54, 1.807) is 6.92 Å². The predicted molar refractivity (Wildman–Crippen MR) is 103 cm³/mol. The van der Waals surface area contributed by atoms with Crippen LogP contribution < -0.4 is 0 Å². The van der Waals surface area contributed by atoms with E-state index in [4.69, 9.17) is 0 Å². The fraction of sp³-hybridized carbons (Fsp3) is 0.429. The van der Waals surface area contributed by atoms with Gasteiger partial charge in [-0.2, -0.15) is 0 Å². The van der Waals surface area contributed by atoms with Crippen LogP contribution in [0.25, 0.3) is 0 Å². The number of carbonyl (C=O) groups is 4. The molecule has 1 aliphatic heterocycles. The van der Waals surface area contributed by atoms with Gasteiger partial charge in [0.1, 0.15) is 11.2 Å². The number of rotatable bonds is 7. The molecule has 1 unspecified atom stereocenters. The molecule has 0 N–H and O–H groups in total. The van der Waals surface area contributed by atoms with Gasteiger partial charge in [0.05, 0.1) is 6.54 Å². The molecule has 0 bridgehead atoms. The summed E-state index contributed by atoms with van der Waals surface area (Å²) in [5.74, 6) is -2.38. The Morgan fingerprint density at radius 1 is 1.18 bits per heavy atom. The Balaban J connectivity index is 2.30. The first-order valence-corrected chi connectivity index (χ1v) is 9.32. The number of amides is 4. The number of barbiturate groups is 1. The van der Waals surface area contributed by atoms with Gasteiger partial charge >= 0.3 is 6.03 Å². The predicted octanol–water partition coefficient (Wildman–Crippen LogP) is 3.47. The van der Waals surface area contributed by atoms with Crippen molar-refractivity contribution in [1.82, 2.24) is 9.80 Å². The quantitative estimate of drug-likeness (QED) is 0.290. The van der Waals surface area contributed by atoms with Gasteiger partial charge in [-0.1, -0.05) is 24.8 Å². The number of ketones is 1. The van der Waals surface area contributed by atoms with Crippen LogP contribution in [-0.2, 0) is 14.4 Å². The summed E-state index contributed by atoms with van der Waals surface area (Å²) in [6, 6.07) is -0.791. The second kappa shape index (κ2) is 8.91. The second-order valence-corrected chi connectivity index (χ2v) is 6.95. The highest BCUT2D eigenvalue weighted by atomic mass is 19.1. The fourth-order valence-corrected chi connectivity index (χ4v) is 3.47. The van der Waals surface area contributed by atoms with E-state index in [1.165, 1.54) is 19.1 Å². The maximum Gasteiger partial charge on any atom is 0.333 e. The summed E-state index contributed by atoms with van der Waals surface area (Å²) < 4.78 is 12.5. The van der Waals surface area contributed by atoms with E-state index in [9.17, 15) is 23.6 Å². The van der Waals surface area contributed by atoms with E-state index < -0.39 is 41.4 Å². The first kappa shape index (κ1) is 21.5. The molecule has 6 nitrogen and oxygen atoms in total. The lowest BCUT2D eigenvalue weighted by molar-refractivity contribution is -0.155. The van der Waals surface area contributed by atoms with Crippen molar-refractivity contribution < 1.29 is 23.6 Å². The highest BCUT2D eigenvalue weighted by Crippen LogP contribution is 2.40. The lowest BCUT2D eigenvalue weighted by Crippen LogP contribution is -2.65. The molecule has 1 atom stereocenters. The van der Waals surface area contributed by atoms with E-state index in [0.29, 0.717) is 12.0 Å². The molecule has 7 heteroatoms. The Hall–Kier alpha value is -2.83. The van der Waals surface area contributed by atoms with Crippen LogP contribution in [0.1, 0.15) is 39.5 Å². The zero-order valence-electron chi connectivity index (χ0n) is 16.2. The van der Waals surface area contributed by atoms with Crippen molar-refractivity contribution in [1.29, 1.82) is 0 Å². The van der Waals surface area contributed by atoms with Gasteiger partial charge in [-0.25, -0.2) is 9.18 Å². The van der Waals surface area contributed by atoms with Gasteiger partial charge in [0.25, 0.3) is 5.91 Å². The smallest absolute Gasteiger partial charge is 0.293 e. The minimum absolute atomic E-state index is 0.107. The van der Waals surface area contributed by atoms with Crippen LogP contribution in [0, 0.1) is 5.41 Å². The van der Waals surface area contributed by atoms with Gasteiger partial charge in [-0.3, -0.25) is 24.2 Å². The normalized spacial score (nSPS) is 23.7. The van der Waals surface area contributed by atoms with E-state index in [2.05, 4.69) is 6.58 Å². The molecule has 0 aromatic carbocycles. The summed E-state index contributed by atoms with van der Waals surface area (Å²) in [5.41, 5.74) is -0.766. The Morgan fingerprint density at radius 3 is 2.39 bits per heavy atom. The van der Waals surface area contributed by atoms with Crippen LogP contribution in [0.15, 0.2) is 48.4 Å². The highest BCUT2D eigenvalue weighted by Gasteiger charge is 2.55. The summed E-state index contributed by atoms with van der Waals surface area (Å²) in [6.07, 6.45) is 9.96. The largest absolute Gasteiger partial charge is 0.333 e. The Bertz CT molecular complexity index is 796. The number of allylic oxidation sites excluding steroid dienone is 5. The Labute approximate surface area is 164 Å².